The highest BCUT2D eigenvalue weighted by atomic mass is 32.2. The smallest absolute Gasteiger partial charge is 0.332 e. The lowest BCUT2D eigenvalue weighted by molar-refractivity contribution is -0.133. The normalized spacial score (nSPS) is 10.8. The van der Waals surface area contributed by atoms with E-state index < -0.39 is 17.2 Å². The molecule has 2 rings (SSSR count). The number of carbonyl (C=O) groups is 1. The van der Waals surface area contributed by atoms with Crippen LogP contribution in [0.25, 0.3) is 11.0 Å². The number of carboxylic acid groups (broad SMARTS) is 1. The number of aromatic nitrogens is 3. The number of hydrogen-bond donors (Lipinski definition) is 1. The molecule has 2 heterocycles. The minimum atomic E-state index is -0.975. The molecular weight excluding hydrogens is 270 g/mol. The molecular formula is C11H11N3O4S. The number of nitrogens with zero attached hydrogens (tertiary/aromatic N) is 3. The molecule has 2 aromatic heterocycles. The second-order valence-corrected chi connectivity index (χ2v) is 4.91. The SMILES string of the molecule is Cn1c(=O)c2c(SCC(=O)O)ccnc2n(C)c1=O. The van der Waals surface area contributed by atoms with Gasteiger partial charge < -0.3 is 5.11 Å². The Morgan fingerprint density at radius 2 is 2.05 bits per heavy atom. The van der Waals surface area contributed by atoms with Gasteiger partial charge in [0.05, 0.1) is 11.1 Å². The summed E-state index contributed by atoms with van der Waals surface area (Å²) in [4.78, 5) is 39.0. The minimum absolute atomic E-state index is 0.162. The number of aryl methyl sites for hydroxylation is 1. The number of thioether (sulfide) groups is 1. The summed E-state index contributed by atoms with van der Waals surface area (Å²) in [6.45, 7) is 0. The zero-order chi connectivity index (χ0) is 14.2. The van der Waals surface area contributed by atoms with Crippen LogP contribution >= 0.6 is 11.8 Å². The van der Waals surface area contributed by atoms with Crippen LogP contribution in [-0.4, -0.2) is 30.9 Å². The van der Waals surface area contributed by atoms with E-state index in [0.717, 1.165) is 16.3 Å². The molecule has 0 aliphatic carbocycles. The van der Waals surface area contributed by atoms with Crippen molar-refractivity contribution in [2.75, 3.05) is 5.75 Å². The third kappa shape index (κ3) is 2.26. The molecule has 0 spiro atoms. The fraction of sp³-hybridized carbons (Fsp3) is 0.273. The first-order valence-corrected chi connectivity index (χ1v) is 6.31. The quantitative estimate of drug-likeness (QED) is 0.784. The summed E-state index contributed by atoms with van der Waals surface area (Å²) < 4.78 is 2.25. The Balaban J connectivity index is 2.78. The maximum Gasteiger partial charge on any atom is 0.332 e. The summed E-state index contributed by atoms with van der Waals surface area (Å²) in [5.41, 5.74) is -0.687. The van der Waals surface area contributed by atoms with Crippen LogP contribution in [0, 0.1) is 0 Å². The van der Waals surface area contributed by atoms with E-state index in [1.807, 2.05) is 0 Å². The van der Waals surface area contributed by atoms with E-state index in [-0.39, 0.29) is 16.8 Å². The van der Waals surface area contributed by atoms with E-state index in [2.05, 4.69) is 4.98 Å². The lowest BCUT2D eigenvalue weighted by Gasteiger charge is -2.09. The largest absolute Gasteiger partial charge is 0.481 e. The number of fused-ring (bicyclic) bond motifs is 1. The first kappa shape index (κ1) is 13.3. The van der Waals surface area contributed by atoms with E-state index in [0.29, 0.717) is 4.90 Å². The summed E-state index contributed by atoms with van der Waals surface area (Å²) in [5.74, 6) is -1.14. The van der Waals surface area contributed by atoms with Gasteiger partial charge >= 0.3 is 11.7 Å². The molecule has 0 atom stereocenters. The number of rotatable bonds is 3. The van der Waals surface area contributed by atoms with Crippen LogP contribution in [0.3, 0.4) is 0 Å². The van der Waals surface area contributed by atoms with Crippen LogP contribution in [0.5, 0.6) is 0 Å². The van der Waals surface area contributed by atoms with Gasteiger partial charge in [0.2, 0.25) is 0 Å². The highest BCUT2D eigenvalue weighted by molar-refractivity contribution is 8.00. The molecule has 2 aromatic rings. The molecule has 0 amide bonds. The standard InChI is InChI=1S/C11H11N3O4S/c1-13-9-8(10(17)14(2)11(13)18)6(3-4-12-9)19-5-7(15)16/h3-4H,5H2,1-2H3,(H,15,16). The molecule has 8 heteroatoms. The highest BCUT2D eigenvalue weighted by Gasteiger charge is 2.14. The van der Waals surface area contributed by atoms with E-state index in [4.69, 9.17) is 5.11 Å². The summed E-state index contributed by atoms with van der Waals surface area (Å²) >= 11 is 1.03. The molecule has 7 nitrogen and oxygen atoms in total. The average Bonchev–Trinajstić information content (AvgIpc) is 2.39. The van der Waals surface area contributed by atoms with Gasteiger partial charge in [-0.15, -0.1) is 11.8 Å². The Morgan fingerprint density at radius 3 is 2.68 bits per heavy atom. The molecule has 100 valence electrons. The summed E-state index contributed by atoms with van der Waals surface area (Å²) in [6, 6.07) is 1.57. The van der Waals surface area contributed by atoms with Crippen LogP contribution in [0.2, 0.25) is 0 Å². The van der Waals surface area contributed by atoms with Gasteiger partial charge in [-0.1, -0.05) is 0 Å². The highest BCUT2D eigenvalue weighted by Crippen LogP contribution is 2.22. The van der Waals surface area contributed by atoms with Crippen LogP contribution in [0.4, 0.5) is 0 Å². The fourth-order valence-corrected chi connectivity index (χ4v) is 2.48. The Hall–Kier alpha value is -2.09. The molecule has 0 bridgehead atoms. The van der Waals surface area contributed by atoms with Crippen LogP contribution in [0.1, 0.15) is 0 Å². The summed E-state index contributed by atoms with van der Waals surface area (Å²) in [6.07, 6.45) is 1.45. The molecule has 19 heavy (non-hydrogen) atoms. The fourth-order valence-electron chi connectivity index (χ4n) is 1.72. The van der Waals surface area contributed by atoms with Crippen molar-refractivity contribution in [3.8, 4) is 0 Å². The van der Waals surface area contributed by atoms with Crippen molar-refractivity contribution in [1.82, 2.24) is 14.1 Å². The number of hydrogen-bond acceptors (Lipinski definition) is 5. The predicted octanol–water partition coefficient (Wildman–Crippen LogP) is -0.191. The molecule has 0 aliphatic rings. The topological polar surface area (TPSA) is 94.2 Å². The van der Waals surface area contributed by atoms with E-state index in [1.54, 1.807) is 6.07 Å². The number of aliphatic carboxylic acids is 1. The third-order valence-corrected chi connectivity index (χ3v) is 3.70. The Morgan fingerprint density at radius 1 is 1.37 bits per heavy atom. The van der Waals surface area contributed by atoms with E-state index in [1.165, 1.54) is 24.9 Å². The molecule has 1 N–H and O–H groups in total. The zero-order valence-electron chi connectivity index (χ0n) is 10.3. The van der Waals surface area contributed by atoms with Crippen molar-refractivity contribution in [3.63, 3.8) is 0 Å². The van der Waals surface area contributed by atoms with Gasteiger partial charge in [-0.3, -0.25) is 18.7 Å². The first-order chi connectivity index (χ1) is 8.93. The van der Waals surface area contributed by atoms with Gasteiger partial charge in [-0.25, -0.2) is 9.78 Å². The molecule has 0 aliphatic heterocycles. The second-order valence-electron chi connectivity index (χ2n) is 3.90. The zero-order valence-corrected chi connectivity index (χ0v) is 11.1. The molecule has 0 fully saturated rings. The van der Waals surface area contributed by atoms with Gasteiger partial charge in [0.15, 0.2) is 0 Å². The van der Waals surface area contributed by atoms with Crippen molar-refractivity contribution in [3.05, 3.63) is 33.1 Å². The monoisotopic (exact) mass is 281 g/mol. The molecule has 0 saturated heterocycles. The van der Waals surface area contributed by atoms with Crippen molar-refractivity contribution in [1.29, 1.82) is 0 Å². The number of pyridine rings is 1. The van der Waals surface area contributed by atoms with Crippen molar-refractivity contribution in [2.45, 2.75) is 4.90 Å². The lowest BCUT2D eigenvalue weighted by atomic mass is 10.3. The van der Waals surface area contributed by atoms with E-state index >= 15 is 0 Å². The molecule has 0 saturated carbocycles. The van der Waals surface area contributed by atoms with Crippen LogP contribution in [0.15, 0.2) is 26.7 Å². The predicted molar refractivity (Wildman–Crippen MR) is 70.6 cm³/mol. The molecule has 0 radical (unpaired) electrons. The molecule has 0 unspecified atom stereocenters. The van der Waals surface area contributed by atoms with Crippen molar-refractivity contribution < 1.29 is 9.90 Å². The lowest BCUT2D eigenvalue weighted by Crippen LogP contribution is -2.37. The van der Waals surface area contributed by atoms with E-state index in [9.17, 15) is 14.4 Å². The Labute approximate surface area is 111 Å². The maximum absolute atomic E-state index is 12.1. The van der Waals surface area contributed by atoms with Crippen LogP contribution < -0.4 is 11.2 Å². The summed E-state index contributed by atoms with van der Waals surface area (Å²) in [5, 5.41) is 8.96. The third-order valence-electron chi connectivity index (χ3n) is 2.65. The van der Waals surface area contributed by atoms with Gasteiger partial charge in [0.25, 0.3) is 5.56 Å². The Bertz CT molecular complexity index is 778. The van der Waals surface area contributed by atoms with Crippen LogP contribution in [-0.2, 0) is 18.9 Å². The van der Waals surface area contributed by atoms with Gasteiger partial charge in [-0.2, -0.15) is 0 Å². The van der Waals surface area contributed by atoms with Gasteiger partial charge in [0.1, 0.15) is 5.65 Å². The number of carboxylic acids is 1. The van der Waals surface area contributed by atoms with Gasteiger partial charge in [0, 0.05) is 25.2 Å². The summed E-state index contributed by atoms with van der Waals surface area (Å²) in [7, 11) is 2.89. The van der Waals surface area contributed by atoms with Gasteiger partial charge in [-0.05, 0) is 6.07 Å². The first-order valence-electron chi connectivity index (χ1n) is 5.33. The second kappa shape index (κ2) is 4.88. The average molecular weight is 281 g/mol. The van der Waals surface area contributed by atoms with Crippen molar-refractivity contribution >= 4 is 28.8 Å². The minimum Gasteiger partial charge on any atom is -0.481 e. The maximum atomic E-state index is 12.1. The van der Waals surface area contributed by atoms with Crippen molar-refractivity contribution in [2.24, 2.45) is 14.1 Å². The Kier molecular flexibility index (Phi) is 3.43. The molecule has 0 aromatic carbocycles.